The number of nitrogens with zero attached hydrogens (tertiary/aromatic N) is 4. The van der Waals surface area contributed by atoms with Crippen molar-refractivity contribution in [1.29, 1.82) is 0 Å². The molecule has 0 fully saturated rings. The summed E-state index contributed by atoms with van der Waals surface area (Å²) in [6.07, 6.45) is 0.306. The van der Waals surface area contributed by atoms with Gasteiger partial charge in [-0.15, -0.1) is 5.10 Å². The summed E-state index contributed by atoms with van der Waals surface area (Å²) in [7, 11) is 1.58. The van der Waals surface area contributed by atoms with E-state index < -0.39 is 17.5 Å². The second kappa shape index (κ2) is 5.43. The molecule has 0 bridgehead atoms. The number of rotatable bonds is 5. The number of tetrazole rings is 1. The van der Waals surface area contributed by atoms with E-state index in [-0.39, 0.29) is 12.4 Å². The van der Waals surface area contributed by atoms with Gasteiger partial charge in [0.2, 0.25) is 0 Å². The van der Waals surface area contributed by atoms with Crippen molar-refractivity contribution in [2.24, 2.45) is 7.05 Å². The van der Waals surface area contributed by atoms with E-state index in [1.807, 2.05) is 0 Å². The first-order valence-electron chi connectivity index (χ1n) is 5.33. The van der Waals surface area contributed by atoms with E-state index in [4.69, 9.17) is 5.11 Å². The summed E-state index contributed by atoms with van der Waals surface area (Å²) in [6, 6.07) is -0.501. The van der Waals surface area contributed by atoms with E-state index in [2.05, 4.69) is 26.0 Å². The van der Waals surface area contributed by atoms with E-state index in [9.17, 15) is 9.59 Å². The van der Waals surface area contributed by atoms with Crippen LogP contribution in [0.5, 0.6) is 0 Å². The average molecular weight is 256 g/mol. The number of amides is 2. The highest BCUT2D eigenvalue weighted by Crippen LogP contribution is 2.11. The smallest absolute Gasteiger partial charge is 0.322 e. The first kappa shape index (κ1) is 13.9. The minimum Gasteiger partial charge on any atom is -0.481 e. The molecule has 0 aliphatic rings. The number of hydrogen-bond donors (Lipinski definition) is 3. The highest BCUT2D eigenvalue weighted by molar-refractivity contribution is 5.87. The third kappa shape index (κ3) is 4.76. The summed E-state index contributed by atoms with van der Waals surface area (Å²) >= 11 is 0. The predicted molar refractivity (Wildman–Crippen MR) is 61.9 cm³/mol. The second-order valence-electron chi connectivity index (χ2n) is 4.46. The van der Waals surface area contributed by atoms with E-state index >= 15 is 0 Å². The standard InChI is InChI=1S/C9H16N6O3/c1-9(2,5-4-6(16)17)11-8(18)10-7-12-14-15(3)13-7/h4-5H2,1-3H3,(H,16,17)(H2,10,11,13,18). The molecule has 2 amide bonds. The molecular weight excluding hydrogens is 240 g/mol. The molecule has 1 heterocycles. The summed E-state index contributed by atoms with van der Waals surface area (Å²) < 4.78 is 0. The van der Waals surface area contributed by atoms with Gasteiger partial charge in [-0.2, -0.15) is 4.80 Å². The SMILES string of the molecule is Cn1nnc(NC(=O)NC(C)(C)CCC(=O)O)n1. The number of carboxylic acid groups (broad SMARTS) is 1. The Morgan fingerprint density at radius 3 is 2.61 bits per heavy atom. The number of anilines is 1. The zero-order chi connectivity index (χ0) is 13.8. The van der Waals surface area contributed by atoms with Gasteiger partial charge in [0.05, 0.1) is 7.05 Å². The molecule has 0 saturated heterocycles. The van der Waals surface area contributed by atoms with Crippen LogP contribution in [0.4, 0.5) is 10.7 Å². The molecule has 1 aromatic rings. The molecule has 0 unspecified atom stereocenters. The van der Waals surface area contributed by atoms with Crippen molar-refractivity contribution >= 4 is 17.9 Å². The predicted octanol–water partition coefficient (Wildman–Crippen LogP) is -0.0250. The molecule has 0 aliphatic heterocycles. The van der Waals surface area contributed by atoms with Crippen LogP contribution in [0.1, 0.15) is 26.7 Å². The molecule has 0 aliphatic carbocycles. The maximum Gasteiger partial charge on any atom is 0.322 e. The van der Waals surface area contributed by atoms with Crippen LogP contribution in [0.25, 0.3) is 0 Å². The van der Waals surface area contributed by atoms with Gasteiger partial charge in [-0.3, -0.25) is 10.1 Å². The maximum absolute atomic E-state index is 11.6. The maximum atomic E-state index is 11.6. The van der Waals surface area contributed by atoms with Gasteiger partial charge in [0, 0.05) is 12.0 Å². The van der Waals surface area contributed by atoms with E-state index in [0.717, 1.165) is 0 Å². The van der Waals surface area contributed by atoms with Gasteiger partial charge in [-0.1, -0.05) is 5.10 Å². The summed E-state index contributed by atoms with van der Waals surface area (Å²) in [6.45, 7) is 3.47. The van der Waals surface area contributed by atoms with Crippen LogP contribution in [0.3, 0.4) is 0 Å². The third-order valence-corrected chi connectivity index (χ3v) is 2.15. The molecule has 0 saturated carbocycles. The van der Waals surface area contributed by atoms with Crippen molar-refractivity contribution < 1.29 is 14.7 Å². The van der Waals surface area contributed by atoms with Crippen molar-refractivity contribution in [3.63, 3.8) is 0 Å². The normalized spacial score (nSPS) is 11.1. The van der Waals surface area contributed by atoms with Gasteiger partial charge >= 0.3 is 12.0 Å². The third-order valence-electron chi connectivity index (χ3n) is 2.15. The lowest BCUT2D eigenvalue weighted by Crippen LogP contribution is -2.46. The quantitative estimate of drug-likeness (QED) is 0.680. The van der Waals surface area contributed by atoms with E-state index in [1.54, 1.807) is 20.9 Å². The highest BCUT2D eigenvalue weighted by Gasteiger charge is 2.22. The molecule has 0 radical (unpaired) electrons. The van der Waals surface area contributed by atoms with E-state index in [1.165, 1.54) is 4.80 Å². The summed E-state index contributed by atoms with van der Waals surface area (Å²) in [5.41, 5.74) is -0.634. The van der Waals surface area contributed by atoms with Gasteiger partial charge in [0.1, 0.15) is 0 Å². The molecule has 100 valence electrons. The van der Waals surface area contributed by atoms with Crippen LogP contribution in [-0.2, 0) is 11.8 Å². The summed E-state index contributed by atoms with van der Waals surface area (Å²) in [5, 5.41) is 24.6. The van der Waals surface area contributed by atoms with Gasteiger partial charge in [0.15, 0.2) is 0 Å². The molecule has 0 spiro atoms. The Kier molecular flexibility index (Phi) is 4.18. The van der Waals surface area contributed by atoms with Gasteiger partial charge < -0.3 is 10.4 Å². The first-order valence-corrected chi connectivity index (χ1v) is 5.33. The Labute approximate surface area is 104 Å². The fourth-order valence-electron chi connectivity index (χ4n) is 1.26. The number of carbonyl (C=O) groups is 2. The topological polar surface area (TPSA) is 122 Å². The second-order valence-corrected chi connectivity index (χ2v) is 4.46. The number of nitrogens with one attached hydrogen (secondary N) is 2. The molecular formula is C9H16N6O3. The lowest BCUT2D eigenvalue weighted by atomic mass is 9.99. The zero-order valence-corrected chi connectivity index (χ0v) is 10.5. The van der Waals surface area contributed by atoms with Crippen LogP contribution in [0, 0.1) is 0 Å². The van der Waals surface area contributed by atoms with Crippen molar-refractivity contribution in [3.8, 4) is 0 Å². The van der Waals surface area contributed by atoms with Crippen molar-refractivity contribution in [1.82, 2.24) is 25.5 Å². The molecule has 1 aromatic heterocycles. The number of aliphatic carboxylic acids is 1. The minimum absolute atomic E-state index is 0.0172. The number of urea groups is 1. The van der Waals surface area contributed by atoms with Crippen molar-refractivity contribution in [2.75, 3.05) is 5.32 Å². The van der Waals surface area contributed by atoms with Gasteiger partial charge in [-0.25, -0.2) is 4.79 Å². The van der Waals surface area contributed by atoms with Crippen LogP contribution in [-0.4, -0.2) is 42.9 Å². The Hall–Kier alpha value is -2.19. The Bertz CT molecular complexity index is 441. The number of aryl methyl sites for hydroxylation is 1. The van der Waals surface area contributed by atoms with Crippen molar-refractivity contribution in [3.05, 3.63) is 0 Å². The molecule has 9 nitrogen and oxygen atoms in total. The minimum atomic E-state index is -0.902. The molecule has 1 rings (SSSR count). The number of hydrogen-bond acceptors (Lipinski definition) is 5. The molecule has 18 heavy (non-hydrogen) atoms. The number of carbonyl (C=O) groups excluding carboxylic acids is 1. The number of aromatic nitrogens is 4. The first-order chi connectivity index (χ1) is 8.28. The molecule has 0 atom stereocenters. The Morgan fingerprint density at radius 1 is 1.44 bits per heavy atom. The van der Waals surface area contributed by atoms with Crippen LogP contribution < -0.4 is 10.6 Å². The van der Waals surface area contributed by atoms with Gasteiger partial charge in [0.25, 0.3) is 5.95 Å². The molecule has 3 N–H and O–H groups in total. The van der Waals surface area contributed by atoms with Crippen LogP contribution in [0.15, 0.2) is 0 Å². The summed E-state index contributed by atoms with van der Waals surface area (Å²) in [5.74, 6) is -0.815. The largest absolute Gasteiger partial charge is 0.481 e. The zero-order valence-electron chi connectivity index (χ0n) is 10.5. The Balaban J connectivity index is 2.45. The monoisotopic (exact) mass is 256 g/mol. The van der Waals surface area contributed by atoms with Crippen molar-refractivity contribution in [2.45, 2.75) is 32.2 Å². The highest BCUT2D eigenvalue weighted by atomic mass is 16.4. The average Bonchev–Trinajstić information content (AvgIpc) is 2.60. The summed E-state index contributed by atoms with van der Waals surface area (Å²) in [4.78, 5) is 23.3. The molecule has 0 aromatic carbocycles. The lowest BCUT2D eigenvalue weighted by molar-refractivity contribution is -0.137. The number of carboxylic acids is 1. The Morgan fingerprint density at radius 2 is 2.11 bits per heavy atom. The van der Waals surface area contributed by atoms with Gasteiger partial charge in [-0.05, 0) is 25.5 Å². The van der Waals surface area contributed by atoms with E-state index in [0.29, 0.717) is 6.42 Å². The fraction of sp³-hybridized carbons (Fsp3) is 0.667. The lowest BCUT2D eigenvalue weighted by Gasteiger charge is -2.25. The van der Waals surface area contributed by atoms with Crippen LogP contribution >= 0.6 is 0 Å². The molecule has 9 heteroatoms. The fourth-order valence-corrected chi connectivity index (χ4v) is 1.26. The van der Waals surface area contributed by atoms with Crippen LogP contribution in [0.2, 0.25) is 0 Å².